The fraction of sp³-hybridized carbons (Fsp3) is 0.643. The summed E-state index contributed by atoms with van der Waals surface area (Å²) >= 11 is 0. The first kappa shape index (κ1) is 15.9. The van der Waals surface area contributed by atoms with Crippen LogP contribution in [0, 0.1) is 5.92 Å². The number of aromatic nitrogens is 1. The van der Waals surface area contributed by atoms with Crippen molar-refractivity contribution >= 4 is 11.6 Å². The van der Waals surface area contributed by atoms with E-state index < -0.39 is 11.7 Å². The van der Waals surface area contributed by atoms with Gasteiger partial charge in [0.15, 0.2) is 0 Å². The third kappa shape index (κ3) is 4.00. The van der Waals surface area contributed by atoms with Gasteiger partial charge in [-0.15, -0.1) is 0 Å². The SMILES string of the molecule is CCNc1cc(C(F)(F)F)cc(N2CCC(CCO)C2)n1. The first-order valence-corrected chi connectivity index (χ1v) is 7.13. The van der Waals surface area contributed by atoms with Gasteiger partial charge in [-0.2, -0.15) is 13.2 Å². The Morgan fingerprint density at radius 2 is 2.19 bits per heavy atom. The first-order chi connectivity index (χ1) is 9.94. The Kier molecular flexibility index (Phi) is 4.92. The molecule has 0 spiro atoms. The Labute approximate surface area is 122 Å². The van der Waals surface area contributed by atoms with E-state index >= 15 is 0 Å². The van der Waals surface area contributed by atoms with Crippen LogP contribution in [0.4, 0.5) is 24.8 Å². The molecule has 2 heterocycles. The molecule has 0 saturated carbocycles. The monoisotopic (exact) mass is 303 g/mol. The van der Waals surface area contributed by atoms with Crippen molar-refractivity contribution in [1.82, 2.24) is 4.98 Å². The molecule has 0 aliphatic carbocycles. The third-order valence-electron chi connectivity index (χ3n) is 3.64. The molecular formula is C14H20F3N3O. The molecule has 1 aromatic heterocycles. The molecule has 7 heteroatoms. The smallest absolute Gasteiger partial charge is 0.396 e. The van der Waals surface area contributed by atoms with Crippen molar-refractivity contribution in [3.63, 3.8) is 0 Å². The Balaban J connectivity index is 2.24. The van der Waals surface area contributed by atoms with Crippen LogP contribution in [0.15, 0.2) is 12.1 Å². The van der Waals surface area contributed by atoms with Crippen molar-refractivity contribution in [3.8, 4) is 0 Å². The summed E-state index contributed by atoms with van der Waals surface area (Å²) in [6.07, 6.45) is -2.84. The van der Waals surface area contributed by atoms with Crippen LogP contribution < -0.4 is 10.2 Å². The topological polar surface area (TPSA) is 48.4 Å². The van der Waals surface area contributed by atoms with Gasteiger partial charge in [-0.05, 0) is 37.8 Å². The lowest BCUT2D eigenvalue weighted by molar-refractivity contribution is -0.137. The maximum atomic E-state index is 13.0. The van der Waals surface area contributed by atoms with Crippen molar-refractivity contribution in [3.05, 3.63) is 17.7 Å². The maximum absolute atomic E-state index is 13.0. The fourth-order valence-corrected chi connectivity index (χ4v) is 2.57. The van der Waals surface area contributed by atoms with Crippen LogP contribution in [0.5, 0.6) is 0 Å². The van der Waals surface area contributed by atoms with Gasteiger partial charge < -0.3 is 15.3 Å². The maximum Gasteiger partial charge on any atom is 0.416 e. The van der Waals surface area contributed by atoms with Crippen LogP contribution in [-0.2, 0) is 6.18 Å². The highest BCUT2D eigenvalue weighted by molar-refractivity contribution is 5.51. The van der Waals surface area contributed by atoms with Crippen molar-refractivity contribution < 1.29 is 18.3 Å². The number of hydrogen-bond acceptors (Lipinski definition) is 4. The highest BCUT2D eigenvalue weighted by Gasteiger charge is 2.33. The molecule has 0 bridgehead atoms. The van der Waals surface area contributed by atoms with Crippen molar-refractivity contribution in [2.45, 2.75) is 25.9 Å². The first-order valence-electron chi connectivity index (χ1n) is 7.13. The van der Waals surface area contributed by atoms with Crippen molar-refractivity contribution in [2.24, 2.45) is 5.92 Å². The number of alkyl halides is 3. The summed E-state index contributed by atoms with van der Waals surface area (Å²) in [4.78, 5) is 6.12. The molecule has 2 rings (SSSR count). The second-order valence-electron chi connectivity index (χ2n) is 5.24. The third-order valence-corrected chi connectivity index (χ3v) is 3.64. The Hall–Kier alpha value is -1.50. The molecule has 1 fully saturated rings. The summed E-state index contributed by atoms with van der Waals surface area (Å²) in [5.74, 6) is 0.906. The van der Waals surface area contributed by atoms with Crippen LogP contribution in [0.1, 0.15) is 25.3 Å². The van der Waals surface area contributed by atoms with Gasteiger partial charge in [-0.1, -0.05) is 0 Å². The average Bonchev–Trinajstić information content (AvgIpc) is 2.87. The second kappa shape index (κ2) is 6.51. The Bertz CT molecular complexity index is 479. The minimum atomic E-state index is -4.38. The molecule has 0 radical (unpaired) electrons. The number of anilines is 2. The summed E-state index contributed by atoms with van der Waals surface area (Å²) in [5.41, 5.74) is -0.686. The molecule has 1 aliphatic rings. The number of aliphatic hydroxyl groups is 1. The summed E-state index contributed by atoms with van der Waals surface area (Å²) in [7, 11) is 0. The lowest BCUT2D eigenvalue weighted by Gasteiger charge is -2.20. The molecule has 1 aromatic rings. The van der Waals surface area contributed by atoms with Gasteiger partial charge in [0, 0.05) is 26.2 Å². The molecule has 2 N–H and O–H groups in total. The Morgan fingerprint density at radius 3 is 2.81 bits per heavy atom. The van der Waals surface area contributed by atoms with Gasteiger partial charge in [0.05, 0.1) is 5.56 Å². The highest BCUT2D eigenvalue weighted by Crippen LogP contribution is 2.34. The molecule has 4 nitrogen and oxygen atoms in total. The molecule has 118 valence electrons. The van der Waals surface area contributed by atoms with Gasteiger partial charge >= 0.3 is 6.18 Å². The van der Waals surface area contributed by atoms with E-state index in [9.17, 15) is 13.2 Å². The summed E-state index contributed by atoms with van der Waals surface area (Å²) in [5, 5.41) is 11.8. The number of nitrogens with one attached hydrogen (secondary N) is 1. The van der Waals surface area contributed by atoms with Gasteiger partial charge in [0.25, 0.3) is 0 Å². The van der Waals surface area contributed by atoms with Crippen LogP contribution in [0.3, 0.4) is 0 Å². The van der Waals surface area contributed by atoms with E-state index in [-0.39, 0.29) is 12.4 Å². The lowest BCUT2D eigenvalue weighted by atomic mass is 10.1. The van der Waals surface area contributed by atoms with Crippen molar-refractivity contribution in [2.75, 3.05) is 36.5 Å². The molecule has 1 aliphatic heterocycles. The zero-order valence-corrected chi connectivity index (χ0v) is 12.0. The van der Waals surface area contributed by atoms with E-state index in [1.807, 2.05) is 11.8 Å². The number of pyridine rings is 1. The molecule has 0 amide bonds. The molecule has 1 unspecified atom stereocenters. The van der Waals surface area contributed by atoms with E-state index in [0.29, 0.717) is 37.8 Å². The molecule has 1 atom stereocenters. The van der Waals surface area contributed by atoms with Gasteiger partial charge in [0.2, 0.25) is 0 Å². The standard InChI is InChI=1S/C14H20F3N3O/c1-2-18-12-7-11(14(15,16)17)8-13(19-12)20-5-3-10(9-20)4-6-21/h7-8,10,21H,2-6,9H2,1H3,(H,18,19). The van der Waals surface area contributed by atoms with Gasteiger partial charge in [-0.3, -0.25) is 0 Å². The van der Waals surface area contributed by atoms with E-state index in [2.05, 4.69) is 10.3 Å². The highest BCUT2D eigenvalue weighted by atomic mass is 19.4. The zero-order valence-electron chi connectivity index (χ0n) is 12.0. The minimum absolute atomic E-state index is 0.108. The predicted molar refractivity (Wildman–Crippen MR) is 75.4 cm³/mol. The van der Waals surface area contributed by atoms with Gasteiger partial charge in [0.1, 0.15) is 11.6 Å². The number of rotatable bonds is 5. The normalized spacial score (nSPS) is 19.1. The summed E-state index contributed by atoms with van der Waals surface area (Å²) in [6, 6.07) is 2.14. The average molecular weight is 303 g/mol. The molecule has 1 saturated heterocycles. The zero-order chi connectivity index (χ0) is 15.5. The van der Waals surface area contributed by atoms with Crippen LogP contribution >= 0.6 is 0 Å². The van der Waals surface area contributed by atoms with Gasteiger partial charge in [-0.25, -0.2) is 4.98 Å². The van der Waals surface area contributed by atoms with Crippen LogP contribution in [0.25, 0.3) is 0 Å². The number of halogens is 3. The minimum Gasteiger partial charge on any atom is -0.396 e. The van der Waals surface area contributed by atoms with Crippen LogP contribution in [-0.4, -0.2) is 36.3 Å². The molecule has 21 heavy (non-hydrogen) atoms. The lowest BCUT2D eigenvalue weighted by Crippen LogP contribution is -2.22. The number of hydrogen-bond donors (Lipinski definition) is 2. The summed E-state index contributed by atoms with van der Waals surface area (Å²) < 4.78 is 38.9. The second-order valence-corrected chi connectivity index (χ2v) is 5.24. The van der Waals surface area contributed by atoms with E-state index in [1.54, 1.807) is 0 Å². The number of nitrogens with zero attached hydrogens (tertiary/aromatic N) is 2. The number of aliphatic hydroxyl groups excluding tert-OH is 1. The van der Waals surface area contributed by atoms with Crippen molar-refractivity contribution in [1.29, 1.82) is 0 Å². The quantitative estimate of drug-likeness (QED) is 0.878. The molecule has 0 aromatic carbocycles. The van der Waals surface area contributed by atoms with E-state index in [1.165, 1.54) is 0 Å². The van der Waals surface area contributed by atoms with E-state index in [4.69, 9.17) is 5.11 Å². The predicted octanol–water partition coefficient (Wildman–Crippen LogP) is 2.74. The summed E-state index contributed by atoms with van der Waals surface area (Å²) in [6.45, 7) is 3.75. The van der Waals surface area contributed by atoms with E-state index in [0.717, 1.165) is 18.6 Å². The fourth-order valence-electron chi connectivity index (χ4n) is 2.57. The molecular weight excluding hydrogens is 283 g/mol. The largest absolute Gasteiger partial charge is 0.416 e. The van der Waals surface area contributed by atoms with Crippen LogP contribution in [0.2, 0.25) is 0 Å². The Morgan fingerprint density at radius 1 is 1.43 bits per heavy atom.